The van der Waals surface area contributed by atoms with E-state index in [-0.39, 0.29) is 18.2 Å². The molecule has 5 rings (SSSR count). The number of nitrogens with one attached hydrogen (secondary N) is 1. The van der Waals surface area contributed by atoms with Gasteiger partial charge in [0.05, 0.1) is 0 Å². The van der Waals surface area contributed by atoms with Crippen molar-refractivity contribution in [2.75, 3.05) is 26.2 Å². The summed E-state index contributed by atoms with van der Waals surface area (Å²) in [6, 6.07) is 18.7. The number of aromatic hydroxyl groups is 1. The molecule has 2 aliphatic rings. The largest absolute Gasteiger partial charge is 0.508 e. The molecular formula is C44H60N4O9. The lowest BCUT2D eigenvalue weighted by molar-refractivity contribution is -0.143. The number of nitrogens with zero attached hydrogens (tertiary/aromatic N) is 3. The van der Waals surface area contributed by atoms with Crippen LogP contribution >= 0.6 is 0 Å². The quantitative estimate of drug-likeness (QED) is 0.195. The Morgan fingerprint density at radius 2 is 1.25 bits per heavy atom. The van der Waals surface area contributed by atoms with Gasteiger partial charge in [-0.25, -0.2) is 14.4 Å². The number of carbonyl (C=O) groups is 4. The maximum absolute atomic E-state index is 13.5. The van der Waals surface area contributed by atoms with Crippen LogP contribution < -0.4 is 10.1 Å². The summed E-state index contributed by atoms with van der Waals surface area (Å²) in [4.78, 5) is 55.5. The number of phenols is 1. The van der Waals surface area contributed by atoms with Crippen molar-refractivity contribution in [2.24, 2.45) is 0 Å². The topological polar surface area (TPSA) is 158 Å². The van der Waals surface area contributed by atoms with E-state index in [9.17, 15) is 29.4 Å². The van der Waals surface area contributed by atoms with E-state index in [1.807, 2.05) is 69.3 Å². The number of phenolic OH excluding ortho intramolecular Hbond substituents is 1. The van der Waals surface area contributed by atoms with Crippen molar-refractivity contribution in [1.29, 1.82) is 0 Å². The minimum Gasteiger partial charge on any atom is -0.508 e. The molecule has 2 unspecified atom stereocenters. The number of aliphatic carboxylic acids is 1. The van der Waals surface area contributed by atoms with Crippen LogP contribution in [0, 0.1) is 0 Å². The second kappa shape index (κ2) is 18.8. The molecule has 13 heteroatoms. The molecule has 0 bridgehead atoms. The molecule has 2 heterocycles. The lowest BCUT2D eigenvalue weighted by Gasteiger charge is -2.37. The van der Waals surface area contributed by atoms with E-state index >= 15 is 0 Å². The molecule has 2 aliphatic heterocycles. The van der Waals surface area contributed by atoms with Crippen LogP contribution in [0.3, 0.4) is 0 Å². The molecule has 0 spiro atoms. The summed E-state index contributed by atoms with van der Waals surface area (Å²) >= 11 is 0. The zero-order chi connectivity index (χ0) is 42.2. The number of hydrogen-bond donors (Lipinski definition) is 3. The number of hydrogen-bond acceptors (Lipinski definition) is 9. The van der Waals surface area contributed by atoms with Crippen LogP contribution in [0.1, 0.15) is 104 Å². The van der Waals surface area contributed by atoms with Gasteiger partial charge in [0.25, 0.3) is 0 Å². The highest BCUT2D eigenvalue weighted by Gasteiger charge is 2.39. The summed E-state index contributed by atoms with van der Waals surface area (Å²) in [5.41, 5.74) is 1.71. The predicted octanol–water partition coefficient (Wildman–Crippen LogP) is 7.86. The van der Waals surface area contributed by atoms with E-state index < -0.39 is 41.4 Å². The second-order valence-electron chi connectivity index (χ2n) is 16.9. The van der Waals surface area contributed by atoms with Crippen LogP contribution in [0.15, 0.2) is 66.7 Å². The zero-order valence-electron chi connectivity index (χ0n) is 35.0. The summed E-state index contributed by atoms with van der Waals surface area (Å²) in [6.45, 7) is 21.2. The van der Waals surface area contributed by atoms with Crippen LogP contribution in [0.5, 0.6) is 17.2 Å². The smallest absolute Gasteiger partial charge is 0.411 e. The van der Waals surface area contributed by atoms with Gasteiger partial charge in [-0.2, -0.15) is 0 Å². The van der Waals surface area contributed by atoms with E-state index in [1.54, 1.807) is 31.7 Å². The van der Waals surface area contributed by atoms with E-state index in [2.05, 4.69) is 37.9 Å². The summed E-state index contributed by atoms with van der Waals surface area (Å²) in [6.07, 6.45) is -0.0384. The molecular weight excluding hydrogens is 729 g/mol. The summed E-state index contributed by atoms with van der Waals surface area (Å²) in [7, 11) is 0. The van der Waals surface area contributed by atoms with Crippen LogP contribution in [-0.2, 0) is 31.9 Å². The van der Waals surface area contributed by atoms with Crippen molar-refractivity contribution in [2.45, 2.75) is 117 Å². The van der Waals surface area contributed by atoms with Crippen molar-refractivity contribution < 1.29 is 43.6 Å². The molecule has 13 nitrogen and oxygen atoms in total. The zero-order valence-corrected chi connectivity index (χ0v) is 35.0. The van der Waals surface area contributed by atoms with Crippen LogP contribution in [-0.4, -0.2) is 98.4 Å². The fourth-order valence-corrected chi connectivity index (χ4v) is 7.01. The normalized spacial score (nSPS) is 16.6. The first-order chi connectivity index (χ1) is 26.6. The van der Waals surface area contributed by atoms with Crippen LogP contribution in [0.2, 0.25) is 0 Å². The number of fused-ring (bicyclic) bond motifs is 2. The number of carbonyl (C=O) groups excluding carboxylic acids is 3. The van der Waals surface area contributed by atoms with Crippen molar-refractivity contribution in [1.82, 2.24) is 20.0 Å². The van der Waals surface area contributed by atoms with Gasteiger partial charge in [-0.3, -0.25) is 19.5 Å². The Bertz CT molecular complexity index is 1860. The Morgan fingerprint density at radius 3 is 1.77 bits per heavy atom. The highest BCUT2D eigenvalue weighted by atomic mass is 16.6. The molecule has 3 aromatic rings. The first kappa shape index (κ1) is 44.4. The maximum atomic E-state index is 13.5. The van der Waals surface area contributed by atoms with E-state index in [4.69, 9.17) is 14.2 Å². The van der Waals surface area contributed by atoms with Crippen LogP contribution in [0.4, 0.5) is 9.59 Å². The number of carboxylic acids is 1. The Labute approximate surface area is 336 Å². The number of para-hydroxylation sites is 1. The van der Waals surface area contributed by atoms with Gasteiger partial charge in [0.1, 0.15) is 34.5 Å². The summed E-state index contributed by atoms with van der Waals surface area (Å²) in [5, 5.41) is 22.0. The molecule has 0 aromatic heterocycles. The fourth-order valence-electron chi connectivity index (χ4n) is 7.01. The number of benzene rings is 3. The van der Waals surface area contributed by atoms with Crippen molar-refractivity contribution in [3.63, 3.8) is 0 Å². The summed E-state index contributed by atoms with van der Waals surface area (Å²) < 4.78 is 16.9. The van der Waals surface area contributed by atoms with Gasteiger partial charge in [-0.1, -0.05) is 30.3 Å². The average Bonchev–Trinajstić information content (AvgIpc) is 3.11. The number of amides is 3. The molecule has 0 fully saturated rings. The standard InChI is InChI=1S/C29H41N3O4.C15H19NO5/c1-20(2)31(21(3)4)18-16-30-27(33)26-25-14-13-24(35-23-11-9-8-10-12-23)19-22(25)15-17-32(26)28(34)36-29(5,6)7;1-15(2,3)21-14(20)16-7-6-9-8-10(17)4-5-11(9)12(16)13(18)19/h8-14,19-21,26H,15-18H2,1-7H3,(H,30,33);4-5,8,12,17H,6-7H2,1-3H3,(H,18,19). The molecule has 0 saturated heterocycles. The third kappa shape index (κ3) is 12.3. The average molecular weight is 789 g/mol. The molecule has 3 amide bonds. The van der Waals surface area contributed by atoms with E-state index in [1.165, 1.54) is 17.0 Å². The van der Waals surface area contributed by atoms with E-state index in [0.717, 1.165) is 29.0 Å². The first-order valence-electron chi connectivity index (χ1n) is 19.6. The monoisotopic (exact) mass is 788 g/mol. The Hall–Kier alpha value is -5.30. The third-order valence-corrected chi connectivity index (χ3v) is 9.41. The van der Waals surface area contributed by atoms with Crippen molar-refractivity contribution in [3.05, 3.63) is 89.0 Å². The Balaban J connectivity index is 0.000000290. The lowest BCUT2D eigenvalue weighted by atomic mass is 9.92. The lowest BCUT2D eigenvalue weighted by Crippen LogP contribution is -2.50. The highest BCUT2D eigenvalue weighted by Crippen LogP contribution is 2.36. The number of rotatable bonds is 9. The van der Waals surface area contributed by atoms with Gasteiger partial charge in [0, 0.05) is 38.3 Å². The minimum absolute atomic E-state index is 0.0867. The van der Waals surface area contributed by atoms with Crippen molar-refractivity contribution >= 4 is 24.1 Å². The predicted molar refractivity (Wildman–Crippen MR) is 217 cm³/mol. The van der Waals surface area contributed by atoms with Gasteiger partial charge < -0.3 is 29.7 Å². The van der Waals surface area contributed by atoms with Gasteiger partial charge in [-0.15, -0.1) is 0 Å². The molecule has 0 radical (unpaired) electrons. The minimum atomic E-state index is -1.12. The molecule has 3 aromatic carbocycles. The third-order valence-electron chi connectivity index (χ3n) is 9.41. The fraction of sp³-hybridized carbons (Fsp3) is 0.500. The number of ether oxygens (including phenoxy) is 3. The Morgan fingerprint density at radius 1 is 0.737 bits per heavy atom. The van der Waals surface area contributed by atoms with Crippen molar-refractivity contribution in [3.8, 4) is 17.2 Å². The molecule has 57 heavy (non-hydrogen) atoms. The Kier molecular flexibility index (Phi) is 14.6. The van der Waals surface area contributed by atoms with Gasteiger partial charge in [-0.05, 0) is 141 Å². The molecule has 310 valence electrons. The highest BCUT2D eigenvalue weighted by molar-refractivity contribution is 5.88. The van der Waals surface area contributed by atoms with Gasteiger partial charge >= 0.3 is 18.2 Å². The van der Waals surface area contributed by atoms with Gasteiger partial charge in [0.15, 0.2) is 6.04 Å². The molecule has 3 N–H and O–H groups in total. The molecule has 0 saturated carbocycles. The number of carboxylic acid groups (broad SMARTS) is 1. The maximum Gasteiger partial charge on any atom is 0.411 e. The summed E-state index contributed by atoms with van der Waals surface area (Å²) in [5.74, 6) is 0.217. The van der Waals surface area contributed by atoms with Crippen LogP contribution in [0.25, 0.3) is 0 Å². The SMILES string of the molecule is CC(C)(C)OC(=O)N1CCc2cc(O)ccc2C1C(=O)O.CC(C)N(CCNC(=O)C1c2ccc(Oc3ccccc3)cc2CCN1C(=O)OC(C)(C)C)C(C)C. The first-order valence-corrected chi connectivity index (χ1v) is 19.6. The molecule has 0 aliphatic carbocycles. The molecule has 2 atom stereocenters. The van der Waals surface area contributed by atoms with E-state index in [0.29, 0.717) is 49.3 Å². The van der Waals surface area contributed by atoms with Gasteiger partial charge in [0.2, 0.25) is 5.91 Å². The second-order valence-corrected chi connectivity index (χ2v) is 16.9.